The first kappa shape index (κ1) is 19.8. The van der Waals surface area contributed by atoms with Crippen molar-refractivity contribution in [1.29, 1.82) is 0 Å². The van der Waals surface area contributed by atoms with E-state index in [9.17, 15) is 14.7 Å². The number of Topliss-reactive ketones (excluding diaryl/α,β-unsaturated/α-hetero) is 1. The van der Waals surface area contributed by atoms with Gasteiger partial charge < -0.3 is 14.7 Å². The molecule has 1 unspecified atom stereocenters. The van der Waals surface area contributed by atoms with Crippen LogP contribution in [0.3, 0.4) is 0 Å². The quantitative estimate of drug-likeness (QED) is 0.359. The van der Waals surface area contributed by atoms with Gasteiger partial charge in [-0.2, -0.15) is 0 Å². The predicted molar refractivity (Wildman–Crippen MR) is 108 cm³/mol. The van der Waals surface area contributed by atoms with Gasteiger partial charge in [-0.25, -0.2) is 0 Å². The molecule has 1 fully saturated rings. The van der Waals surface area contributed by atoms with Crippen molar-refractivity contribution in [3.8, 4) is 0 Å². The summed E-state index contributed by atoms with van der Waals surface area (Å²) < 4.78 is 5.10. The van der Waals surface area contributed by atoms with E-state index in [0.717, 1.165) is 16.7 Å². The highest BCUT2D eigenvalue weighted by molar-refractivity contribution is 6.46. The minimum Gasteiger partial charge on any atom is -0.507 e. The summed E-state index contributed by atoms with van der Waals surface area (Å²) in [7, 11) is 1.60. The topological polar surface area (TPSA) is 66.8 Å². The normalized spacial score (nSPS) is 18.7. The summed E-state index contributed by atoms with van der Waals surface area (Å²) in [6.45, 7) is 4.76. The Bertz CT molecular complexity index is 914. The molecule has 1 saturated heterocycles. The summed E-state index contributed by atoms with van der Waals surface area (Å²) in [5.74, 6) is -1.37. The first-order chi connectivity index (χ1) is 13.5. The Morgan fingerprint density at radius 1 is 1.07 bits per heavy atom. The molecule has 0 saturated carbocycles. The van der Waals surface area contributed by atoms with Gasteiger partial charge in [0.05, 0.1) is 11.6 Å². The second kappa shape index (κ2) is 8.40. The zero-order valence-electron chi connectivity index (χ0n) is 16.4. The van der Waals surface area contributed by atoms with Crippen molar-refractivity contribution in [3.63, 3.8) is 0 Å². The van der Waals surface area contributed by atoms with E-state index >= 15 is 0 Å². The van der Waals surface area contributed by atoms with Crippen LogP contribution in [0.2, 0.25) is 0 Å². The second-order valence-electron chi connectivity index (χ2n) is 7.06. The molecule has 5 nitrogen and oxygen atoms in total. The molecular formula is C23H25NO4. The van der Waals surface area contributed by atoms with Crippen molar-refractivity contribution in [2.24, 2.45) is 0 Å². The first-order valence-corrected chi connectivity index (χ1v) is 9.35. The van der Waals surface area contributed by atoms with Gasteiger partial charge in [0.25, 0.3) is 11.7 Å². The Hall–Kier alpha value is -2.92. The number of nitrogens with zero attached hydrogens (tertiary/aromatic N) is 1. The highest BCUT2D eigenvalue weighted by Gasteiger charge is 2.46. The van der Waals surface area contributed by atoms with Crippen LogP contribution >= 0.6 is 0 Å². The van der Waals surface area contributed by atoms with E-state index in [1.54, 1.807) is 24.1 Å². The van der Waals surface area contributed by atoms with Crippen molar-refractivity contribution in [1.82, 2.24) is 4.90 Å². The molecule has 1 heterocycles. The number of aliphatic hydroxyl groups is 1. The maximum absolute atomic E-state index is 12.9. The third-order valence-electron chi connectivity index (χ3n) is 5.10. The SMILES string of the molecule is COCCCN1C(=O)C(=O)/C(=C(\O)c2ccc(C)cc2)C1c1ccccc1C. The number of methoxy groups -OCH3 is 1. The number of likely N-dealkylation sites (tertiary alicyclic amines) is 1. The number of aryl methyl sites for hydroxylation is 2. The number of ketones is 1. The minimum absolute atomic E-state index is 0.138. The number of hydrogen-bond donors (Lipinski definition) is 1. The fraction of sp³-hybridized carbons (Fsp3) is 0.304. The molecular weight excluding hydrogens is 354 g/mol. The molecule has 0 spiro atoms. The van der Waals surface area contributed by atoms with Gasteiger partial charge in [0.1, 0.15) is 5.76 Å². The maximum Gasteiger partial charge on any atom is 0.295 e. The van der Waals surface area contributed by atoms with Gasteiger partial charge in [0.2, 0.25) is 0 Å². The Labute approximate surface area is 165 Å². The molecule has 1 atom stereocenters. The zero-order valence-corrected chi connectivity index (χ0v) is 16.4. The number of rotatable bonds is 6. The maximum atomic E-state index is 12.9. The van der Waals surface area contributed by atoms with E-state index < -0.39 is 17.7 Å². The van der Waals surface area contributed by atoms with Gasteiger partial charge in [-0.1, -0.05) is 54.1 Å². The largest absolute Gasteiger partial charge is 0.507 e. The van der Waals surface area contributed by atoms with Crippen LogP contribution < -0.4 is 0 Å². The number of amides is 1. The molecule has 1 amide bonds. The van der Waals surface area contributed by atoms with Gasteiger partial charge in [-0.3, -0.25) is 9.59 Å². The average Bonchev–Trinajstić information content (AvgIpc) is 2.93. The van der Waals surface area contributed by atoms with Crippen molar-refractivity contribution < 1.29 is 19.4 Å². The molecule has 3 rings (SSSR count). The number of carbonyl (C=O) groups is 2. The highest BCUT2D eigenvalue weighted by Crippen LogP contribution is 2.40. The summed E-state index contributed by atoms with van der Waals surface area (Å²) in [6.07, 6.45) is 0.608. The molecule has 0 aliphatic carbocycles. The number of hydrogen-bond acceptors (Lipinski definition) is 4. The van der Waals surface area contributed by atoms with Crippen LogP contribution in [0.4, 0.5) is 0 Å². The van der Waals surface area contributed by atoms with Crippen LogP contribution in [0.25, 0.3) is 5.76 Å². The van der Waals surface area contributed by atoms with Crippen LogP contribution in [-0.4, -0.2) is 42.0 Å². The summed E-state index contributed by atoms with van der Waals surface area (Å²) >= 11 is 0. The van der Waals surface area contributed by atoms with E-state index in [4.69, 9.17) is 4.74 Å². The third-order valence-corrected chi connectivity index (χ3v) is 5.10. The van der Waals surface area contributed by atoms with Gasteiger partial charge in [0, 0.05) is 25.8 Å². The first-order valence-electron chi connectivity index (χ1n) is 9.35. The molecule has 146 valence electrons. The number of benzene rings is 2. The van der Waals surface area contributed by atoms with Crippen LogP contribution in [-0.2, 0) is 14.3 Å². The number of aliphatic hydroxyl groups excluding tert-OH is 1. The molecule has 0 radical (unpaired) electrons. The molecule has 0 bridgehead atoms. The fourth-order valence-electron chi connectivity index (χ4n) is 3.57. The molecule has 1 aliphatic heterocycles. The molecule has 2 aromatic carbocycles. The van der Waals surface area contributed by atoms with E-state index in [1.807, 2.05) is 50.2 Å². The Morgan fingerprint density at radius 3 is 2.39 bits per heavy atom. The van der Waals surface area contributed by atoms with E-state index in [0.29, 0.717) is 25.1 Å². The molecule has 1 aliphatic rings. The summed E-state index contributed by atoms with van der Waals surface area (Å²) in [4.78, 5) is 27.2. The smallest absolute Gasteiger partial charge is 0.295 e. The lowest BCUT2D eigenvalue weighted by molar-refractivity contribution is -0.140. The highest BCUT2D eigenvalue weighted by atomic mass is 16.5. The standard InChI is InChI=1S/C23H25NO4/c1-15-9-11-17(12-10-15)21(25)19-20(18-8-5-4-7-16(18)2)24(13-6-14-28-3)23(27)22(19)26/h4-5,7-12,20,25H,6,13-14H2,1-3H3/b21-19-. The summed E-state index contributed by atoms with van der Waals surface area (Å²) in [6, 6.07) is 14.3. The predicted octanol–water partition coefficient (Wildman–Crippen LogP) is 3.76. The number of ether oxygens (including phenoxy) is 1. The minimum atomic E-state index is -0.649. The average molecular weight is 379 g/mol. The molecule has 28 heavy (non-hydrogen) atoms. The van der Waals surface area contributed by atoms with Crippen LogP contribution in [0.1, 0.15) is 34.7 Å². The Morgan fingerprint density at radius 2 is 1.75 bits per heavy atom. The lowest BCUT2D eigenvalue weighted by atomic mass is 9.92. The van der Waals surface area contributed by atoms with Crippen molar-refractivity contribution in [2.75, 3.05) is 20.3 Å². The van der Waals surface area contributed by atoms with Crippen LogP contribution in [0, 0.1) is 13.8 Å². The fourth-order valence-corrected chi connectivity index (χ4v) is 3.57. The van der Waals surface area contributed by atoms with Gasteiger partial charge in [0.15, 0.2) is 0 Å². The van der Waals surface area contributed by atoms with Gasteiger partial charge in [-0.15, -0.1) is 0 Å². The van der Waals surface area contributed by atoms with Gasteiger partial charge >= 0.3 is 0 Å². The Balaban J connectivity index is 2.14. The zero-order chi connectivity index (χ0) is 20.3. The monoisotopic (exact) mass is 379 g/mol. The van der Waals surface area contributed by atoms with Crippen molar-refractivity contribution in [3.05, 3.63) is 76.4 Å². The molecule has 5 heteroatoms. The van der Waals surface area contributed by atoms with Crippen molar-refractivity contribution >= 4 is 17.4 Å². The summed E-state index contributed by atoms with van der Waals surface area (Å²) in [5.41, 5.74) is 3.51. The third kappa shape index (κ3) is 3.71. The molecule has 1 N–H and O–H groups in total. The van der Waals surface area contributed by atoms with E-state index in [1.165, 1.54) is 0 Å². The number of carbonyl (C=O) groups excluding carboxylic acids is 2. The van der Waals surface area contributed by atoms with Crippen LogP contribution in [0.15, 0.2) is 54.1 Å². The van der Waals surface area contributed by atoms with E-state index in [2.05, 4.69) is 0 Å². The van der Waals surface area contributed by atoms with E-state index in [-0.39, 0.29) is 11.3 Å². The van der Waals surface area contributed by atoms with Gasteiger partial charge in [-0.05, 0) is 31.4 Å². The summed E-state index contributed by atoms with van der Waals surface area (Å²) in [5, 5.41) is 11.0. The lowest BCUT2D eigenvalue weighted by Gasteiger charge is -2.26. The second-order valence-corrected chi connectivity index (χ2v) is 7.06. The Kier molecular flexibility index (Phi) is 5.95. The van der Waals surface area contributed by atoms with Crippen molar-refractivity contribution in [2.45, 2.75) is 26.3 Å². The molecule has 0 aromatic heterocycles. The lowest BCUT2D eigenvalue weighted by Crippen LogP contribution is -2.31. The molecule has 2 aromatic rings. The van der Waals surface area contributed by atoms with Crippen LogP contribution in [0.5, 0.6) is 0 Å².